The molecule has 4 atom stereocenters. The second-order valence-electron chi connectivity index (χ2n) is 21.8. The van der Waals surface area contributed by atoms with Gasteiger partial charge in [-0.25, -0.2) is 28.7 Å². The Balaban J connectivity index is 0.000000199. The first-order valence-corrected chi connectivity index (χ1v) is 26.9. The van der Waals surface area contributed by atoms with E-state index in [0.717, 1.165) is 33.4 Å². The third-order valence-corrected chi connectivity index (χ3v) is 13.1. The lowest BCUT2D eigenvalue weighted by molar-refractivity contribution is -0.164. The quantitative estimate of drug-likeness (QED) is 0.0579. The first-order valence-electron chi connectivity index (χ1n) is 26.9. The molecule has 0 bridgehead atoms. The van der Waals surface area contributed by atoms with Gasteiger partial charge in [-0.2, -0.15) is 15.3 Å². The van der Waals surface area contributed by atoms with Gasteiger partial charge in [0.1, 0.15) is 54.5 Å². The van der Waals surface area contributed by atoms with Crippen LogP contribution in [0.3, 0.4) is 0 Å². The Morgan fingerprint density at radius 3 is 1.70 bits per heavy atom. The molecular weight excluding hydrogens is 1060 g/mol. The number of nitrogens with one attached hydrogen (secondary N) is 2. The van der Waals surface area contributed by atoms with Gasteiger partial charge in [0.2, 0.25) is 0 Å². The SMILES string of the molecule is CCOC(=O)CC(=O)[C@H]1CC[C@@H](C(=O)OC(C)(C)C)N(C(=O)OCc2ccccc2)C1.Cn1cc(-c2c[nH]n3c(=O)cc([C@H]4CC[C@@H](C(=O)OC(C)(C)C)N(C(=O)OCc5ccccc5)C4)nc23)cn1.Cn1cc(-c2cn[nH]c2N)cn1. The number of benzene rings is 2. The van der Waals surface area contributed by atoms with Crippen molar-refractivity contribution in [3.8, 4) is 22.3 Å². The van der Waals surface area contributed by atoms with Crippen molar-refractivity contribution >= 4 is 47.3 Å². The summed E-state index contributed by atoms with van der Waals surface area (Å²) in [4.78, 5) is 96.6. The van der Waals surface area contributed by atoms with Crippen LogP contribution in [0.4, 0.5) is 15.4 Å². The minimum atomic E-state index is -0.853. The number of hydrogen-bond acceptors (Lipinski definition) is 17. The van der Waals surface area contributed by atoms with E-state index in [1.165, 1.54) is 20.4 Å². The van der Waals surface area contributed by atoms with Crippen molar-refractivity contribution in [2.24, 2.45) is 20.0 Å². The number of aromatic amines is 2. The van der Waals surface area contributed by atoms with E-state index in [2.05, 4.69) is 25.5 Å². The van der Waals surface area contributed by atoms with Gasteiger partial charge in [0.15, 0.2) is 5.65 Å². The van der Waals surface area contributed by atoms with Crippen molar-refractivity contribution in [3.63, 3.8) is 0 Å². The Hall–Kier alpha value is -9.09. The standard InChI is InChI=1S/C28H32N6O5.C23H31NO7.C7H9N5/c1-28(2,3)39-26(36)23-11-10-19(16-33(23)27(37)38-17-18-8-6-5-7-9-18)22-12-24(35)34-25(31-22)21(14-30-34)20-13-29-32(4)15-20;1-5-29-20(26)13-19(25)17-11-12-18(21(27)31-23(2,3)4)24(14-17)22(28)30-15-16-9-7-6-8-10-16;1-12-4-5(2-10-12)6-3-9-11-7(6)8/h5-9,12-15,19,23,30H,10-11,16-17H2,1-4H3;6-10,17-18H,5,11-15H2,1-4H3;2-4H,1H3,(H3,8,9,11)/t19-,23-;17-,18-;/m00./s1. The molecule has 2 amide bonds. The van der Waals surface area contributed by atoms with Gasteiger partial charge in [-0.3, -0.25) is 43.7 Å². The number of ketones is 1. The molecule has 0 radical (unpaired) electrons. The molecule has 24 nitrogen and oxygen atoms in total. The number of nitrogens with zero attached hydrogens (tertiary/aromatic N) is 9. The van der Waals surface area contributed by atoms with E-state index >= 15 is 0 Å². The number of amides is 2. The molecular formula is C58H72N12O12. The van der Waals surface area contributed by atoms with Crippen LogP contribution in [-0.2, 0) is 70.2 Å². The van der Waals surface area contributed by atoms with Crippen LogP contribution < -0.4 is 11.3 Å². The molecule has 0 saturated carbocycles. The van der Waals surface area contributed by atoms with E-state index in [9.17, 15) is 33.6 Å². The van der Waals surface area contributed by atoms with E-state index in [1.54, 1.807) is 82.6 Å². The highest BCUT2D eigenvalue weighted by Gasteiger charge is 2.42. The number of anilines is 1. The molecule has 2 saturated heterocycles. The zero-order valence-corrected chi connectivity index (χ0v) is 47.7. The van der Waals surface area contributed by atoms with E-state index in [-0.39, 0.29) is 63.0 Å². The average Bonchev–Trinajstić information content (AvgIpc) is 4.37. The minimum absolute atomic E-state index is 0.0181. The van der Waals surface area contributed by atoms with E-state index in [0.29, 0.717) is 36.4 Å². The molecule has 7 aromatic rings. The highest BCUT2D eigenvalue weighted by Crippen LogP contribution is 2.33. The summed E-state index contributed by atoms with van der Waals surface area (Å²) in [5.41, 5.74) is 10.0. The van der Waals surface area contributed by atoms with Crippen LogP contribution in [0.15, 0.2) is 109 Å². The Morgan fingerprint density at radius 1 is 0.683 bits per heavy atom. The molecule has 436 valence electrons. The molecule has 24 heteroatoms. The highest BCUT2D eigenvalue weighted by molar-refractivity contribution is 5.97. The van der Waals surface area contributed by atoms with Gasteiger partial charge in [0.05, 0.1) is 30.9 Å². The molecule has 2 aliphatic heterocycles. The number of carbonyl (C=O) groups excluding carboxylic acids is 6. The molecule has 2 fully saturated rings. The summed E-state index contributed by atoms with van der Waals surface area (Å²) in [5.74, 6) is -2.22. The van der Waals surface area contributed by atoms with Crippen molar-refractivity contribution in [1.82, 2.24) is 54.2 Å². The second-order valence-corrected chi connectivity index (χ2v) is 21.8. The van der Waals surface area contributed by atoms with Crippen LogP contribution in [0.1, 0.15) is 103 Å². The lowest BCUT2D eigenvalue weighted by Gasteiger charge is -2.38. The van der Waals surface area contributed by atoms with Gasteiger partial charge in [0.25, 0.3) is 5.56 Å². The van der Waals surface area contributed by atoms with E-state index in [1.807, 2.05) is 87.2 Å². The van der Waals surface area contributed by atoms with Crippen LogP contribution in [0.25, 0.3) is 27.9 Å². The Labute approximate surface area is 474 Å². The van der Waals surface area contributed by atoms with Crippen LogP contribution in [0, 0.1) is 5.92 Å². The average molecular weight is 1130 g/mol. The lowest BCUT2D eigenvalue weighted by Crippen LogP contribution is -2.53. The number of H-pyrrole nitrogens is 2. The number of Topliss-reactive ketones (excluding diaryl/α,β-unsaturated/α-hetero) is 1. The summed E-state index contributed by atoms with van der Waals surface area (Å²) in [6, 6.07) is 18.3. The number of nitrogen functional groups attached to an aromatic ring is 1. The summed E-state index contributed by atoms with van der Waals surface area (Å²) in [7, 11) is 3.68. The fourth-order valence-electron chi connectivity index (χ4n) is 9.25. The molecule has 9 rings (SSSR count). The van der Waals surface area contributed by atoms with E-state index < -0.39 is 59.3 Å². The molecule has 2 aliphatic rings. The number of hydrogen-bond donors (Lipinski definition) is 3. The largest absolute Gasteiger partial charge is 0.466 e. The summed E-state index contributed by atoms with van der Waals surface area (Å²) < 4.78 is 31.7. The van der Waals surface area contributed by atoms with Gasteiger partial charge >= 0.3 is 30.1 Å². The van der Waals surface area contributed by atoms with Crippen LogP contribution >= 0.6 is 0 Å². The number of aromatic nitrogens is 9. The third kappa shape index (κ3) is 16.5. The normalized spacial score (nSPS) is 17.1. The molecule has 82 heavy (non-hydrogen) atoms. The van der Waals surface area contributed by atoms with E-state index in [4.69, 9.17) is 34.4 Å². The first-order chi connectivity index (χ1) is 39.0. The van der Waals surface area contributed by atoms with Gasteiger partial charge < -0.3 is 29.4 Å². The number of ether oxygens (including phenoxy) is 5. The van der Waals surface area contributed by atoms with Gasteiger partial charge in [-0.1, -0.05) is 60.7 Å². The number of esters is 3. The van der Waals surface area contributed by atoms with Crippen molar-refractivity contribution in [1.29, 1.82) is 0 Å². The Kier molecular flexibility index (Phi) is 19.9. The number of likely N-dealkylation sites (tertiary alicyclic amines) is 2. The number of rotatable bonds is 13. The van der Waals surface area contributed by atoms with Gasteiger partial charge in [-0.05, 0) is 85.3 Å². The Bertz CT molecular complexity index is 3370. The summed E-state index contributed by atoms with van der Waals surface area (Å²) >= 11 is 0. The highest BCUT2D eigenvalue weighted by atomic mass is 16.6. The summed E-state index contributed by atoms with van der Waals surface area (Å²) in [6.07, 6.45) is 10.4. The molecule has 4 N–H and O–H groups in total. The zero-order valence-electron chi connectivity index (χ0n) is 47.7. The number of aryl methyl sites for hydroxylation is 2. The van der Waals surface area contributed by atoms with Crippen molar-refractivity contribution in [3.05, 3.63) is 131 Å². The molecule has 0 aliphatic carbocycles. The van der Waals surface area contributed by atoms with Crippen LogP contribution in [0.2, 0.25) is 0 Å². The first kappa shape index (κ1) is 60.5. The molecule has 5 aromatic heterocycles. The molecule has 0 unspecified atom stereocenters. The maximum Gasteiger partial charge on any atom is 0.410 e. The zero-order chi connectivity index (χ0) is 59.3. The minimum Gasteiger partial charge on any atom is -0.466 e. The fourth-order valence-corrected chi connectivity index (χ4v) is 9.25. The van der Waals surface area contributed by atoms with Crippen LogP contribution in [0.5, 0.6) is 0 Å². The number of fused-ring (bicyclic) bond motifs is 1. The molecule has 7 heterocycles. The van der Waals surface area contributed by atoms with Crippen molar-refractivity contribution in [2.75, 3.05) is 25.4 Å². The Morgan fingerprint density at radius 2 is 1.21 bits per heavy atom. The maximum absolute atomic E-state index is 13.3. The third-order valence-electron chi connectivity index (χ3n) is 13.1. The number of carbonyl (C=O) groups is 6. The predicted molar refractivity (Wildman–Crippen MR) is 300 cm³/mol. The monoisotopic (exact) mass is 1130 g/mol. The van der Waals surface area contributed by atoms with Gasteiger partial charge in [0, 0.05) is 85.9 Å². The molecule has 0 spiro atoms. The smallest absolute Gasteiger partial charge is 0.410 e. The van der Waals surface area contributed by atoms with Gasteiger partial charge in [-0.15, -0.1) is 0 Å². The van der Waals surface area contributed by atoms with Crippen molar-refractivity contribution < 1.29 is 52.5 Å². The topological polar surface area (TPSA) is 296 Å². The maximum atomic E-state index is 13.3. The summed E-state index contributed by atoms with van der Waals surface area (Å²) in [5, 5.41) is 17.7. The number of piperidine rings is 2. The van der Waals surface area contributed by atoms with Crippen molar-refractivity contribution in [2.45, 2.75) is 123 Å². The number of nitrogens with two attached hydrogens (primary N) is 1. The second kappa shape index (κ2) is 26.9. The van der Waals surface area contributed by atoms with Crippen LogP contribution in [-0.4, -0.2) is 133 Å². The summed E-state index contributed by atoms with van der Waals surface area (Å²) in [6.45, 7) is 12.7. The molecule has 2 aromatic carbocycles. The lowest BCUT2D eigenvalue weighted by atomic mass is 9.88. The predicted octanol–water partition coefficient (Wildman–Crippen LogP) is 7.31. The fraction of sp³-hybridized carbons (Fsp3) is 0.431.